The number of carbonyl (C=O) groups excluding carboxylic acids is 2. The van der Waals surface area contributed by atoms with Crippen molar-refractivity contribution < 1.29 is 27.5 Å². The Morgan fingerprint density at radius 3 is 2.05 bits per heavy atom. The molecule has 1 aromatic rings. The van der Waals surface area contributed by atoms with Crippen LogP contribution in [0.4, 0.5) is 18.9 Å². The molecule has 0 atom stereocenters. The fraction of sp³-hybridized carbons (Fsp3) is 0.273. The average molecular weight is 274 g/mol. The number of amides is 2. The number of carbonyl (C=O) groups is 2. The Morgan fingerprint density at radius 2 is 1.58 bits per heavy atom. The molecule has 1 heterocycles. The van der Waals surface area contributed by atoms with Crippen LogP contribution in [0.2, 0.25) is 0 Å². The lowest BCUT2D eigenvalue weighted by Gasteiger charge is -2.27. The van der Waals surface area contributed by atoms with Crippen molar-refractivity contribution in [3.05, 3.63) is 24.3 Å². The summed E-state index contributed by atoms with van der Waals surface area (Å²) in [6.45, 7) is -0.0452. The molecule has 0 aromatic heterocycles. The molecule has 0 aliphatic carbocycles. The van der Waals surface area contributed by atoms with Gasteiger partial charge in [-0.2, -0.15) is 0 Å². The zero-order chi connectivity index (χ0) is 14.0. The van der Waals surface area contributed by atoms with Gasteiger partial charge in [0.2, 0.25) is 11.8 Å². The lowest BCUT2D eigenvalue weighted by molar-refractivity contribution is -0.274. The highest BCUT2D eigenvalue weighted by molar-refractivity contribution is 6.02. The van der Waals surface area contributed by atoms with Crippen molar-refractivity contribution in [1.82, 2.24) is 5.32 Å². The number of hydrogen-bond donors (Lipinski definition) is 1. The van der Waals surface area contributed by atoms with Crippen LogP contribution in [0.15, 0.2) is 24.3 Å². The summed E-state index contributed by atoms with van der Waals surface area (Å²) in [7, 11) is 0. The van der Waals surface area contributed by atoms with Crippen LogP contribution >= 0.6 is 0 Å². The Morgan fingerprint density at radius 1 is 1.05 bits per heavy atom. The van der Waals surface area contributed by atoms with E-state index in [9.17, 15) is 22.8 Å². The number of hydrogen-bond acceptors (Lipinski definition) is 4. The van der Waals surface area contributed by atoms with Gasteiger partial charge < -0.3 is 9.64 Å². The molecule has 0 unspecified atom stereocenters. The summed E-state index contributed by atoms with van der Waals surface area (Å²) in [5.74, 6) is -1.26. The molecule has 0 saturated carbocycles. The van der Waals surface area contributed by atoms with Crippen LogP contribution in [0.5, 0.6) is 5.75 Å². The largest absolute Gasteiger partial charge is 0.573 e. The van der Waals surface area contributed by atoms with E-state index in [-0.39, 0.29) is 18.8 Å². The molecule has 1 saturated heterocycles. The van der Waals surface area contributed by atoms with Crippen molar-refractivity contribution in [2.24, 2.45) is 0 Å². The molecule has 0 bridgehead atoms. The van der Waals surface area contributed by atoms with E-state index in [1.54, 1.807) is 0 Å². The summed E-state index contributed by atoms with van der Waals surface area (Å²) in [6, 6.07) is 4.96. The van der Waals surface area contributed by atoms with Gasteiger partial charge in [0, 0.05) is 5.69 Å². The molecule has 2 rings (SSSR count). The summed E-state index contributed by atoms with van der Waals surface area (Å²) in [6.07, 6.45) is -4.75. The predicted molar refractivity (Wildman–Crippen MR) is 58.5 cm³/mol. The van der Waals surface area contributed by atoms with Gasteiger partial charge in [-0.1, -0.05) is 0 Å². The maximum Gasteiger partial charge on any atom is 0.573 e. The third-order valence-corrected chi connectivity index (χ3v) is 2.38. The van der Waals surface area contributed by atoms with Crippen molar-refractivity contribution in [3.8, 4) is 5.75 Å². The summed E-state index contributed by atoms with van der Waals surface area (Å²) in [5.41, 5.74) is 0.470. The summed E-state index contributed by atoms with van der Waals surface area (Å²) < 4.78 is 39.6. The number of nitrogens with zero attached hydrogens (tertiary/aromatic N) is 1. The van der Waals surface area contributed by atoms with Crippen LogP contribution in [0, 0.1) is 0 Å². The van der Waals surface area contributed by atoms with Crippen molar-refractivity contribution in [3.63, 3.8) is 0 Å². The minimum Gasteiger partial charge on any atom is -0.406 e. The normalized spacial score (nSPS) is 16.3. The zero-order valence-electron chi connectivity index (χ0n) is 9.53. The Bertz CT molecular complexity index is 483. The topological polar surface area (TPSA) is 58.6 Å². The van der Waals surface area contributed by atoms with E-state index in [4.69, 9.17) is 0 Å². The average Bonchev–Trinajstić information content (AvgIpc) is 2.26. The molecule has 0 radical (unpaired) electrons. The summed E-state index contributed by atoms with van der Waals surface area (Å²) in [4.78, 5) is 23.8. The second-order valence-corrected chi connectivity index (χ2v) is 3.87. The van der Waals surface area contributed by atoms with Crippen molar-refractivity contribution in [2.45, 2.75) is 6.36 Å². The van der Waals surface area contributed by atoms with Crippen molar-refractivity contribution in [2.75, 3.05) is 18.0 Å². The van der Waals surface area contributed by atoms with Gasteiger partial charge in [-0.15, -0.1) is 13.2 Å². The van der Waals surface area contributed by atoms with E-state index >= 15 is 0 Å². The van der Waals surface area contributed by atoms with Gasteiger partial charge in [0.25, 0.3) is 0 Å². The molecule has 0 spiro atoms. The molecule has 5 nitrogen and oxygen atoms in total. The molecule has 1 aliphatic rings. The molecule has 102 valence electrons. The number of imide groups is 1. The van der Waals surface area contributed by atoms with Crippen LogP contribution in [0.3, 0.4) is 0 Å². The molecule has 8 heteroatoms. The third-order valence-electron chi connectivity index (χ3n) is 2.38. The fourth-order valence-corrected chi connectivity index (χ4v) is 1.68. The van der Waals surface area contributed by atoms with Crippen molar-refractivity contribution >= 4 is 17.5 Å². The van der Waals surface area contributed by atoms with Crippen LogP contribution < -0.4 is 15.0 Å². The maximum atomic E-state index is 12.0. The first-order chi connectivity index (χ1) is 8.83. The maximum absolute atomic E-state index is 12.0. The van der Waals surface area contributed by atoms with Gasteiger partial charge in [0.1, 0.15) is 5.75 Å². The van der Waals surface area contributed by atoms with Crippen LogP contribution in [0.25, 0.3) is 0 Å². The minimum atomic E-state index is -4.75. The highest BCUT2D eigenvalue weighted by Crippen LogP contribution is 2.25. The monoisotopic (exact) mass is 274 g/mol. The van der Waals surface area contributed by atoms with Gasteiger partial charge in [-0.3, -0.25) is 14.9 Å². The standard InChI is InChI=1S/C11H9F3N2O3/c12-11(13,14)19-8-3-1-7(2-4-8)16-5-9(17)15-10(18)6-16/h1-4H,5-6H2,(H,15,17,18). The molecular formula is C11H9F3N2O3. The number of halogens is 3. The van der Waals surface area contributed by atoms with E-state index in [0.717, 1.165) is 12.1 Å². The lowest BCUT2D eigenvalue weighted by atomic mass is 10.2. The van der Waals surface area contributed by atoms with Crippen LogP contribution in [-0.2, 0) is 9.59 Å². The fourth-order valence-electron chi connectivity index (χ4n) is 1.68. The first-order valence-corrected chi connectivity index (χ1v) is 5.27. The highest BCUT2D eigenvalue weighted by atomic mass is 19.4. The summed E-state index contributed by atoms with van der Waals surface area (Å²) in [5, 5.41) is 2.13. The SMILES string of the molecule is O=C1CN(c2ccc(OC(F)(F)F)cc2)CC(=O)N1. The second-order valence-electron chi connectivity index (χ2n) is 3.87. The lowest BCUT2D eigenvalue weighted by Crippen LogP contribution is -2.51. The van der Waals surface area contributed by atoms with Crippen molar-refractivity contribution in [1.29, 1.82) is 0 Å². The van der Waals surface area contributed by atoms with Gasteiger partial charge in [-0.25, -0.2) is 0 Å². The van der Waals surface area contributed by atoms with Gasteiger partial charge >= 0.3 is 6.36 Å². The number of anilines is 1. The van der Waals surface area contributed by atoms with E-state index in [0.29, 0.717) is 5.69 Å². The van der Waals surface area contributed by atoms with Gasteiger partial charge in [-0.05, 0) is 24.3 Å². The van der Waals surface area contributed by atoms with E-state index < -0.39 is 18.2 Å². The molecule has 1 aromatic carbocycles. The minimum absolute atomic E-state index is 0.0226. The zero-order valence-corrected chi connectivity index (χ0v) is 9.53. The number of nitrogens with one attached hydrogen (secondary N) is 1. The number of ether oxygens (including phenoxy) is 1. The quantitative estimate of drug-likeness (QED) is 0.819. The Hall–Kier alpha value is -2.25. The second kappa shape index (κ2) is 4.79. The van der Waals surface area contributed by atoms with Crippen LogP contribution in [-0.4, -0.2) is 31.3 Å². The Kier molecular flexibility index (Phi) is 3.32. The van der Waals surface area contributed by atoms with E-state index in [1.807, 2.05) is 0 Å². The molecule has 1 fully saturated rings. The molecule has 19 heavy (non-hydrogen) atoms. The van der Waals surface area contributed by atoms with E-state index in [2.05, 4.69) is 10.1 Å². The predicted octanol–water partition coefficient (Wildman–Crippen LogP) is 1.05. The Labute approximate surface area is 105 Å². The smallest absolute Gasteiger partial charge is 0.406 e. The van der Waals surface area contributed by atoms with E-state index in [1.165, 1.54) is 17.0 Å². The third kappa shape index (κ3) is 3.60. The number of alkyl halides is 3. The molecule has 1 N–H and O–H groups in total. The molecular weight excluding hydrogens is 265 g/mol. The number of rotatable bonds is 2. The first kappa shape index (κ1) is 13.2. The number of benzene rings is 1. The Balaban J connectivity index is 2.10. The highest BCUT2D eigenvalue weighted by Gasteiger charge is 2.31. The molecule has 1 aliphatic heterocycles. The van der Waals surface area contributed by atoms with Gasteiger partial charge in [0.05, 0.1) is 13.1 Å². The molecule has 2 amide bonds. The first-order valence-electron chi connectivity index (χ1n) is 5.27. The summed E-state index contributed by atoms with van der Waals surface area (Å²) >= 11 is 0. The van der Waals surface area contributed by atoms with Crippen LogP contribution in [0.1, 0.15) is 0 Å². The van der Waals surface area contributed by atoms with Gasteiger partial charge in [0.15, 0.2) is 0 Å². The number of piperazine rings is 1.